The molecule has 0 aliphatic carbocycles. The maximum Gasteiger partial charge on any atom is 0.252 e. The van der Waals surface area contributed by atoms with E-state index in [-0.39, 0.29) is 17.5 Å². The molecule has 0 amide bonds. The molecule has 360 valence electrons. The van der Waals surface area contributed by atoms with E-state index in [2.05, 4.69) is 311 Å². The van der Waals surface area contributed by atoms with Crippen molar-refractivity contribution < 1.29 is 0 Å². The van der Waals surface area contributed by atoms with Crippen molar-refractivity contribution in [2.75, 3.05) is 19.6 Å². The zero-order valence-corrected chi connectivity index (χ0v) is 43.5. The second-order valence-electron chi connectivity index (χ2n) is 22.0. The second-order valence-corrected chi connectivity index (χ2v) is 22.0. The second kappa shape index (κ2) is 18.5. The van der Waals surface area contributed by atoms with Crippen LogP contribution in [0.25, 0.3) is 11.1 Å². The number of hydrogen-bond donors (Lipinski definition) is 0. The zero-order chi connectivity index (χ0) is 50.7. The molecule has 0 unspecified atom stereocenters. The van der Waals surface area contributed by atoms with Crippen LogP contribution in [0.2, 0.25) is 0 Å². The van der Waals surface area contributed by atoms with E-state index in [1.165, 1.54) is 55.6 Å². The Labute approximate surface area is 438 Å². The molecule has 0 N–H and O–H groups in total. The minimum atomic E-state index is -0.0899. The zero-order valence-electron chi connectivity index (χ0n) is 43.5. The predicted molar refractivity (Wildman–Crippen MR) is 317 cm³/mol. The maximum atomic E-state index is 2.59. The fourth-order valence-corrected chi connectivity index (χ4v) is 11.3. The Balaban J connectivity index is 1.17. The van der Waals surface area contributed by atoms with Crippen LogP contribution >= 0.6 is 0 Å². The van der Waals surface area contributed by atoms with E-state index in [1.54, 1.807) is 0 Å². The highest BCUT2D eigenvalue weighted by Crippen LogP contribution is 2.50. The first-order chi connectivity index (χ1) is 35.9. The van der Waals surface area contributed by atoms with Crippen LogP contribution in [0.5, 0.6) is 0 Å². The van der Waals surface area contributed by atoms with Gasteiger partial charge in [0.25, 0.3) is 6.71 Å². The molecule has 10 aromatic rings. The monoisotopic (exact) mass is 956 g/mol. The van der Waals surface area contributed by atoms with E-state index in [4.69, 9.17) is 0 Å². The molecule has 0 fully saturated rings. The van der Waals surface area contributed by atoms with Crippen molar-refractivity contribution >= 4 is 91.3 Å². The minimum absolute atomic E-state index is 0.00361. The number of benzene rings is 10. The number of para-hydroxylation sites is 4. The quantitative estimate of drug-likeness (QED) is 0.134. The van der Waals surface area contributed by atoms with Crippen LogP contribution < -0.4 is 36.0 Å². The topological polar surface area (TPSA) is 13.0 Å². The lowest BCUT2D eigenvalue weighted by Gasteiger charge is -2.45. The first-order valence-electron chi connectivity index (χ1n) is 26.0. The van der Waals surface area contributed by atoms with E-state index in [0.29, 0.717) is 0 Å². The van der Waals surface area contributed by atoms with Gasteiger partial charge in [0.15, 0.2) is 0 Å². The number of aryl methyl sites for hydroxylation is 1. The lowest BCUT2D eigenvalue weighted by atomic mass is 9.33. The van der Waals surface area contributed by atoms with Gasteiger partial charge in [-0.05, 0) is 166 Å². The summed E-state index contributed by atoms with van der Waals surface area (Å²) in [6.07, 6.45) is 0. The molecule has 2 aliphatic rings. The Hall–Kier alpha value is -8.54. The molecule has 5 heteroatoms. The molecular formula is C69H61BN4. The molecule has 12 rings (SSSR count). The van der Waals surface area contributed by atoms with Gasteiger partial charge in [0.1, 0.15) is 0 Å². The van der Waals surface area contributed by atoms with Gasteiger partial charge in [0, 0.05) is 68.1 Å². The molecule has 0 radical (unpaired) electrons. The first-order valence-corrected chi connectivity index (χ1v) is 26.0. The van der Waals surface area contributed by atoms with E-state index >= 15 is 0 Å². The summed E-state index contributed by atoms with van der Waals surface area (Å²) in [6, 6.07) is 89.8. The lowest BCUT2D eigenvalue weighted by Crippen LogP contribution is -2.61. The third-order valence-electron chi connectivity index (χ3n) is 14.9. The molecule has 0 spiro atoms. The van der Waals surface area contributed by atoms with Crippen molar-refractivity contribution in [1.29, 1.82) is 0 Å². The molecule has 0 aromatic heterocycles. The van der Waals surface area contributed by atoms with Crippen LogP contribution in [-0.4, -0.2) is 6.71 Å². The standard InChI is InChI=1S/C69H61BN4/c1-48-43-65-67-66(44-48)74(62-42-35-51(69(5,6)7)45-59(62)49-23-13-8-14-24-49)64-47-58(72(54-29-19-11-20-30-54)55-31-21-12-22-32-55)39-41-61(64)70(67)60-40-38-57(71(52-25-15-9-16-26-52)53-27-17-10-18-28-53)46-63(60)73(65)56-36-33-50(34-37-56)68(2,3)4/h8-47H,1-7H3. The fraction of sp³-hybridized carbons (Fsp3) is 0.130. The van der Waals surface area contributed by atoms with E-state index < -0.39 is 0 Å². The molecule has 0 atom stereocenters. The van der Waals surface area contributed by atoms with Gasteiger partial charge in [0.05, 0.1) is 5.69 Å². The molecule has 0 saturated heterocycles. The Morgan fingerprint density at radius 2 is 0.743 bits per heavy atom. The van der Waals surface area contributed by atoms with Crippen molar-refractivity contribution in [2.24, 2.45) is 0 Å². The molecule has 0 saturated carbocycles. The third-order valence-corrected chi connectivity index (χ3v) is 14.9. The van der Waals surface area contributed by atoms with Gasteiger partial charge in [-0.3, -0.25) is 0 Å². The van der Waals surface area contributed by atoms with Gasteiger partial charge in [0.2, 0.25) is 0 Å². The Morgan fingerprint density at radius 1 is 0.338 bits per heavy atom. The summed E-state index contributed by atoms with van der Waals surface area (Å²) in [6.45, 7) is 16.0. The SMILES string of the molecule is Cc1cc2c3c(c1)N(c1ccc(C(C)(C)C)cc1-c1ccccc1)c1cc(N(c4ccccc4)c4ccccc4)ccc1B3c1ccc(N(c3ccccc3)c3ccccc3)cc1N2c1ccc(C(C)(C)C)cc1. The molecule has 74 heavy (non-hydrogen) atoms. The van der Waals surface area contributed by atoms with Gasteiger partial charge in [-0.15, -0.1) is 0 Å². The van der Waals surface area contributed by atoms with E-state index in [0.717, 1.165) is 56.9 Å². The van der Waals surface area contributed by atoms with Crippen molar-refractivity contribution in [2.45, 2.75) is 59.3 Å². The van der Waals surface area contributed by atoms with E-state index in [1.807, 2.05) is 0 Å². The smallest absolute Gasteiger partial charge is 0.252 e. The average molecular weight is 957 g/mol. The van der Waals surface area contributed by atoms with Crippen LogP contribution in [0, 0.1) is 6.92 Å². The van der Waals surface area contributed by atoms with E-state index in [9.17, 15) is 0 Å². The van der Waals surface area contributed by atoms with Gasteiger partial charge < -0.3 is 19.6 Å². The minimum Gasteiger partial charge on any atom is -0.311 e. The highest BCUT2D eigenvalue weighted by molar-refractivity contribution is 7.00. The number of rotatable bonds is 9. The van der Waals surface area contributed by atoms with Gasteiger partial charge in [-0.2, -0.15) is 0 Å². The largest absolute Gasteiger partial charge is 0.311 e. The highest BCUT2D eigenvalue weighted by Gasteiger charge is 2.44. The lowest BCUT2D eigenvalue weighted by molar-refractivity contribution is 0.590. The molecule has 4 nitrogen and oxygen atoms in total. The van der Waals surface area contributed by atoms with Gasteiger partial charge in [-0.1, -0.05) is 175 Å². The molecule has 10 aromatic carbocycles. The summed E-state index contributed by atoms with van der Waals surface area (Å²) < 4.78 is 0. The molecule has 0 bridgehead atoms. The van der Waals surface area contributed by atoms with Crippen LogP contribution in [0.3, 0.4) is 0 Å². The fourth-order valence-electron chi connectivity index (χ4n) is 11.3. The Morgan fingerprint density at radius 3 is 1.19 bits per heavy atom. The summed E-state index contributed by atoms with van der Waals surface area (Å²) in [7, 11) is 0. The molecule has 2 heterocycles. The molecule has 2 aliphatic heterocycles. The summed E-state index contributed by atoms with van der Waals surface area (Å²) in [5, 5.41) is 0. The highest BCUT2D eigenvalue weighted by atomic mass is 15.2. The van der Waals surface area contributed by atoms with Crippen molar-refractivity contribution in [3.63, 3.8) is 0 Å². The van der Waals surface area contributed by atoms with Crippen molar-refractivity contribution in [3.05, 3.63) is 259 Å². The number of fused-ring (bicyclic) bond motifs is 4. The first kappa shape index (κ1) is 46.5. The number of nitrogens with zero attached hydrogens (tertiary/aromatic N) is 4. The average Bonchev–Trinajstić information content (AvgIpc) is 3.48. The Kier molecular flexibility index (Phi) is 11.6. The summed E-state index contributed by atoms with van der Waals surface area (Å²) in [5.41, 5.74) is 23.5. The Bertz CT molecular complexity index is 3560. The van der Waals surface area contributed by atoms with Gasteiger partial charge >= 0.3 is 0 Å². The van der Waals surface area contributed by atoms with Crippen LogP contribution in [0.15, 0.2) is 243 Å². The maximum absolute atomic E-state index is 2.59. The van der Waals surface area contributed by atoms with Crippen LogP contribution in [0.4, 0.5) is 68.2 Å². The summed E-state index contributed by atoms with van der Waals surface area (Å²) in [5.74, 6) is 0. The molecular weight excluding hydrogens is 896 g/mol. The number of hydrogen-bond acceptors (Lipinski definition) is 4. The van der Waals surface area contributed by atoms with Gasteiger partial charge in [-0.25, -0.2) is 0 Å². The summed E-state index contributed by atoms with van der Waals surface area (Å²) >= 11 is 0. The van der Waals surface area contributed by atoms with Crippen LogP contribution in [0.1, 0.15) is 58.2 Å². The third kappa shape index (κ3) is 8.33. The normalized spacial score (nSPS) is 12.7. The van der Waals surface area contributed by atoms with Crippen molar-refractivity contribution in [3.8, 4) is 11.1 Å². The predicted octanol–water partition coefficient (Wildman–Crippen LogP) is 17.3. The number of anilines is 12. The summed E-state index contributed by atoms with van der Waals surface area (Å²) in [4.78, 5) is 9.92. The van der Waals surface area contributed by atoms with Crippen molar-refractivity contribution in [1.82, 2.24) is 0 Å². The van der Waals surface area contributed by atoms with Crippen LogP contribution in [-0.2, 0) is 10.8 Å².